The van der Waals surface area contributed by atoms with Crippen molar-refractivity contribution in [1.29, 1.82) is 0 Å². The predicted molar refractivity (Wildman–Crippen MR) is 136 cm³/mol. The van der Waals surface area contributed by atoms with Crippen LogP contribution in [0, 0.1) is 0 Å². The van der Waals surface area contributed by atoms with Crippen LogP contribution in [0.1, 0.15) is 41.3 Å². The molecule has 0 fully saturated rings. The first-order chi connectivity index (χ1) is 15.7. The number of fused-ring (bicyclic) bond motifs is 5. The van der Waals surface area contributed by atoms with Gasteiger partial charge in [0.2, 0.25) is 0 Å². The maximum atomic E-state index is 6.21. The monoisotopic (exact) mass is 459 g/mol. The number of allylic oxidation sites excluding steroid dienone is 3. The molecule has 0 unspecified atom stereocenters. The third kappa shape index (κ3) is 4.17. The zero-order chi connectivity index (χ0) is 21.9. The summed E-state index contributed by atoms with van der Waals surface area (Å²) >= 11 is 7.39. The normalized spacial score (nSPS) is 15.8. The Balaban J connectivity index is 0.000000230. The highest BCUT2D eigenvalue weighted by atomic mass is 35.5. The van der Waals surface area contributed by atoms with Crippen LogP contribution < -0.4 is 0 Å². The maximum Gasteiger partial charge on any atom is 0.170 e. The van der Waals surface area contributed by atoms with E-state index < -0.39 is 0 Å². The lowest BCUT2D eigenvalue weighted by Gasteiger charge is -2.26. The van der Waals surface area contributed by atoms with Gasteiger partial charge in [0.1, 0.15) is 5.69 Å². The van der Waals surface area contributed by atoms with Crippen LogP contribution in [0.4, 0.5) is 0 Å². The summed E-state index contributed by atoms with van der Waals surface area (Å²) in [6.07, 6.45) is 14.9. The lowest BCUT2D eigenvalue weighted by molar-refractivity contribution is 0.436. The fraction of sp³-hybridized carbons (Fsp3) is 0.259. The van der Waals surface area contributed by atoms with Crippen LogP contribution in [0.15, 0.2) is 60.8 Å². The Morgan fingerprint density at radius 3 is 2.56 bits per heavy atom. The Bertz CT molecular complexity index is 1220. The van der Waals surface area contributed by atoms with Gasteiger partial charge < -0.3 is 4.90 Å². The Kier molecular flexibility index (Phi) is 6.24. The molecule has 2 aliphatic carbocycles. The molecular formula is C27H26ClN3S. The van der Waals surface area contributed by atoms with E-state index in [-0.39, 0.29) is 0 Å². The summed E-state index contributed by atoms with van der Waals surface area (Å²) in [6.45, 7) is 4.34. The topological polar surface area (TPSA) is 29.0 Å². The lowest BCUT2D eigenvalue weighted by atomic mass is 9.79. The van der Waals surface area contributed by atoms with Crippen LogP contribution in [0.5, 0.6) is 0 Å². The van der Waals surface area contributed by atoms with Crippen LogP contribution in [-0.4, -0.2) is 26.7 Å². The van der Waals surface area contributed by atoms with E-state index >= 15 is 0 Å². The molecule has 0 saturated carbocycles. The molecule has 6 rings (SSSR count). The highest BCUT2D eigenvalue weighted by molar-refractivity contribution is 6.99. The summed E-state index contributed by atoms with van der Waals surface area (Å²) in [5.41, 5.74) is 10.6. The number of aromatic nitrogens is 2. The average Bonchev–Trinajstić information content (AvgIpc) is 3.30. The third-order valence-electron chi connectivity index (χ3n) is 6.42. The fourth-order valence-electron chi connectivity index (χ4n) is 4.71. The van der Waals surface area contributed by atoms with Crippen LogP contribution in [0.2, 0.25) is 5.15 Å². The van der Waals surface area contributed by atoms with Crippen LogP contribution in [-0.2, 0) is 19.3 Å². The maximum absolute atomic E-state index is 6.21. The molecular weight excluding hydrogens is 434 g/mol. The molecule has 0 N–H and O–H groups in total. The summed E-state index contributed by atoms with van der Waals surface area (Å²) in [5, 5.41) is 0.532. The number of aryl methyl sites for hydroxylation is 2. The summed E-state index contributed by atoms with van der Waals surface area (Å²) in [6, 6.07) is 13.4. The Morgan fingerprint density at radius 1 is 0.938 bits per heavy atom. The second-order valence-corrected chi connectivity index (χ2v) is 9.14. The molecule has 2 aromatic carbocycles. The quantitative estimate of drug-likeness (QED) is 0.420. The van der Waals surface area contributed by atoms with E-state index in [1.165, 1.54) is 50.7 Å². The molecule has 5 heteroatoms. The standard InChI is InChI=1S/C20H15ClN2S.C7H11N/c21-20-19(22-24-23-20)14-6-5-13-8-9-16-15-4-2-1-3-12(15)7-10-17(16)18(13)11-14;1-2-8-6-4-3-5-7-8/h1-4,8-9,11H,5-7,10H2;3-6H,2,7H2,1H3. The number of likely N-dealkylation sites (N-methyl/N-ethyl adjacent to an activating group) is 1. The molecule has 0 atom stereocenters. The van der Waals surface area contributed by atoms with Crippen LogP contribution >= 0.6 is 23.3 Å². The lowest BCUT2D eigenvalue weighted by Crippen LogP contribution is -2.17. The molecule has 0 radical (unpaired) electrons. The molecule has 0 saturated heterocycles. The van der Waals surface area contributed by atoms with Gasteiger partial charge in [-0.15, -0.1) is 0 Å². The highest BCUT2D eigenvalue weighted by Crippen LogP contribution is 2.41. The number of nitrogens with zero attached hydrogens (tertiary/aromatic N) is 3. The minimum absolute atomic E-state index is 0.532. The van der Waals surface area contributed by atoms with Crippen molar-refractivity contribution in [3.05, 3.63) is 93.9 Å². The SMILES string of the molecule is CCN1C=CC=CC1.Clc1nsnc1C1=Cc2c(ccc3c2CCc2ccccc2-3)CC1. The molecule has 0 bridgehead atoms. The van der Waals surface area contributed by atoms with Gasteiger partial charge in [-0.2, -0.15) is 8.75 Å². The van der Waals surface area contributed by atoms with E-state index in [4.69, 9.17) is 11.6 Å². The molecule has 1 aromatic heterocycles. The summed E-state index contributed by atoms with van der Waals surface area (Å²) < 4.78 is 8.51. The summed E-state index contributed by atoms with van der Waals surface area (Å²) in [5.74, 6) is 0. The molecule has 0 amide bonds. The van der Waals surface area contributed by atoms with Crippen molar-refractivity contribution in [3.8, 4) is 11.1 Å². The van der Waals surface area contributed by atoms with Gasteiger partial charge in [-0.1, -0.05) is 60.2 Å². The second-order valence-electron chi connectivity index (χ2n) is 8.25. The van der Waals surface area contributed by atoms with E-state index in [0.29, 0.717) is 5.15 Å². The zero-order valence-corrected chi connectivity index (χ0v) is 19.8. The van der Waals surface area contributed by atoms with E-state index in [1.807, 2.05) is 0 Å². The van der Waals surface area contributed by atoms with Gasteiger partial charge in [-0.3, -0.25) is 0 Å². The number of hydrogen-bond donors (Lipinski definition) is 0. The third-order valence-corrected chi connectivity index (χ3v) is 7.32. The highest BCUT2D eigenvalue weighted by Gasteiger charge is 2.23. The predicted octanol–water partition coefficient (Wildman–Crippen LogP) is 6.84. The minimum atomic E-state index is 0.532. The van der Waals surface area contributed by atoms with Gasteiger partial charge in [-0.05, 0) is 89.9 Å². The van der Waals surface area contributed by atoms with Gasteiger partial charge in [-0.25, -0.2) is 0 Å². The first-order valence-corrected chi connectivity index (χ1v) is 12.3. The van der Waals surface area contributed by atoms with E-state index in [9.17, 15) is 0 Å². The first-order valence-electron chi connectivity index (χ1n) is 11.2. The van der Waals surface area contributed by atoms with E-state index in [0.717, 1.165) is 44.5 Å². The van der Waals surface area contributed by atoms with Crippen molar-refractivity contribution >= 4 is 35.0 Å². The van der Waals surface area contributed by atoms with Crippen molar-refractivity contribution < 1.29 is 0 Å². The second kappa shape index (κ2) is 9.43. The number of halogens is 1. The molecule has 2 heterocycles. The Labute approximate surface area is 199 Å². The van der Waals surface area contributed by atoms with Crippen molar-refractivity contribution in [2.24, 2.45) is 0 Å². The van der Waals surface area contributed by atoms with E-state index in [2.05, 4.69) is 87.5 Å². The minimum Gasteiger partial charge on any atom is -0.374 e. The molecule has 3 aliphatic rings. The largest absolute Gasteiger partial charge is 0.374 e. The van der Waals surface area contributed by atoms with Crippen molar-refractivity contribution in [2.45, 2.75) is 32.6 Å². The number of benzene rings is 2. The first kappa shape index (κ1) is 21.2. The van der Waals surface area contributed by atoms with Gasteiger partial charge in [0.25, 0.3) is 0 Å². The van der Waals surface area contributed by atoms with Gasteiger partial charge in [0.05, 0.1) is 11.7 Å². The smallest absolute Gasteiger partial charge is 0.170 e. The van der Waals surface area contributed by atoms with Gasteiger partial charge in [0.15, 0.2) is 5.15 Å². The average molecular weight is 460 g/mol. The molecule has 162 valence electrons. The number of rotatable bonds is 2. The fourth-order valence-corrected chi connectivity index (χ4v) is 5.50. The molecule has 32 heavy (non-hydrogen) atoms. The zero-order valence-electron chi connectivity index (χ0n) is 18.2. The number of hydrogen-bond acceptors (Lipinski definition) is 4. The van der Waals surface area contributed by atoms with Gasteiger partial charge in [0, 0.05) is 13.1 Å². The molecule has 0 spiro atoms. The molecule has 3 aromatic rings. The van der Waals surface area contributed by atoms with E-state index in [1.54, 1.807) is 0 Å². The molecule has 3 nitrogen and oxygen atoms in total. The Morgan fingerprint density at radius 2 is 1.81 bits per heavy atom. The van der Waals surface area contributed by atoms with Crippen molar-refractivity contribution in [2.75, 3.05) is 13.1 Å². The van der Waals surface area contributed by atoms with Crippen molar-refractivity contribution in [3.63, 3.8) is 0 Å². The summed E-state index contributed by atoms with van der Waals surface area (Å²) in [4.78, 5) is 2.25. The summed E-state index contributed by atoms with van der Waals surface area (Å²) in [7, 11) is 0. The van der Waals surface area contributed by atoms with Crippen molar-refractivity contribution in [1.82, 2.24) is 13.6 Å². The molecule has 1 aliphatic heterocycles. The van der Waals surface area contributed by atoms with Crippen LogP contribution in [0.25, 0.3) is 22.8 Å². The Hall–Kier alpha value is -2.69. The van der Waals surface area contributed by atoms with Crippen LogP contribution in [0.3, 0.4) is 0 Å². The van der Waals surface area contributed by atoms with Gasteiger partial charge >= 0.3 is 0 Å².